The molecule has 1 fully saturated rings. The number of likely N-dealkylation sites (tertiary alicyclic amines) is 1. The maximum atomic E-state index is 12.6. The maximum absolute atomic E-state index is 12.6. The number of aryl methyl sites for hydroxylation is 1. The number of thiazole rings is 1. The van der Waals surface area contributed by atoms with Gasteiger partial charge in [-0.25, -0.2) is 4.98 Å². The Hall–Kier alpha value is -1.93. The summed E-state index contributed by atoms with van der Waals surface area (Å²) < 4.78 is 3.05. The lowest BCUT2D eigenvalue weighted by Crippen LogP contribution is -2.40. The van der Waals surface area contributed by atoms with Gasteiger partial charge in [0.1, 0.15) is 6.33 Å². The summed E-state index contributed by atoms with van der Waals surface area (Å²) >= 11 is 3.20. The van der Waals surface area contributed by atoms with Crippen molar-refractivity contribution in [3.63, 3.8) is 0 Å². The van der Waals surface area contributed by atoms with Crippen LogP contribution >= 0.6 is 23.1 Å². The Balaban J connectivity index is 1.41. The van der Waals surface area contributed by atoms with E-state index in [1.807, 2.05) is 28.6 Å². The summed E-state index contributed by atoms with van der Waals surface area (Å²) in [6.45, 7) is 1.59. The van der Waals surface area contributed by atoms with Crippen LogP contribution in [-0.2, 0) is 11.8 Å². The second-order valence-corrected chi connectivity index (χ2v) is 8.22. The van der Waals surface area contributed by atoms with Crippen molar-refractivity contribution >= 4 is 39.2 Å². The number of piperidine rings is 1. The first kappa shape index (κ1) is 16.5. The molecule has 1 saturated heterocycles. The number of thioether (sulfide) groups is 1. The highest BCUT2D eigenvalue weighted by Gasteiger charge is 2.27. The minimum Gasteiger partial charge on any atom is -0.341 e. The van der Waals surface area contributed by atoms with E-state index in [0.29, 0.717) is 11.7 Å². The van der Waals surface area contributed by atoms with Crippen molar-refractivity contribution in [2.24, 2.45) is 7.05 Å². The molecule has 0 unspecified atom stereocenters. The Kier molecular flexibility index (Phi) is 4.72. The van der Waals surface area contributed by atoms with Gasteiger partial charge in [-0.2, -0.15) is 0 Å². The molecular formula is C17H19N5OS2. The second kappa shape index (κ2) is 7.13. The number of carbonyl (C=O) groups is 1. The van der Waals surface area contributed by atoms with Crippen LogP contribution < -0.4 is 0 Å². The number of aromatic nitrogens is 4. The molecule has 0 saturated carbocycles. The van der Waals surface area contributed by atoms with Crippen molar-refractivity contribution in [3.05, 3.63) is 35.6 Å². The molecule has 0 aliphatic carbocycles. The van der Waals surface area contributed by atoms with Crippen molar-refractivity contribution in [1.29, 1.82) is 0 Å². The summed E-state index contributed by atoms with van der Waals surface area (Å²) in [6, 6.07) is 8.23. The maximum Gasteiger partial charge on any atom is 0.233 e. The average molecular weight is 374 g/mol. The molecule has 8 heteroatoms. The van der Waals surface area contributed by atoms with Gasteiger partial charge in [-0.05, 0) is 25.0 Å². The Morgan fingerprint density at radius 2 is 2.28 bits per heavy atom. The van der Waals surface area contributed by atoms with Gasteiger partial charge in [-0.3, -0.25) is 4.79 Å². The zero-order chi connectivity index (χ0) is 17.2. The van der Waals surface area contributed by atoms with Crippen LogP contribution in [0, 0.1) is 0 Å². The molecule has 6 nitrogen and oxygen atoms in total. The van der Waals surface area contributed by atoms with E-state index >= 15 is 0 Å². The predicted octanol–water partition coefficient (Wildman–Crippen LogP) is 2.92. The molecule has 130 valence electrons. The summed E-state index contributed by atoms with van der Waals surface area (Å²) in [5.41, 5.74) is 1.06. The molecule has 2 aromatic heterocycles. The highest BCUT2D eigenvalue weighted by Crippen LogP contribution is 2.33. The topological polar surface area (TPSA) is 63.9 Å². The first-order chi connectivity index (χ1) is 12.2. The number of hydrogen-bond acceptors (Lipinski definition) is 6. The summed E-state index contributed by atoms with van der Waals surface area (Å²) in [7, 11) is 1.89. The van der Waals surface area contributed by atoms with Crippen molar-refractivity contribution in [2.45, 2.75) is 23.9 Å². The molecule has 3 aromatic rings. The lowest BCUT2D eigenvalue weighted by Gasteiger charge is -2.31. The van der Waals surface area contributed by atoms with Gasteiger partial charge in [-0.15, -0.1) is 21.5 Å². The zero-order valence-corrected chi connectivity index (χ0v) is 15.6. The summed E-state index contributed by atoms with van der Waals surface area (Å²) in [5, 5.41) is 9.79. The fourth-order valence-corrected chi connectivity index (χ4v) is 4.97. The molecule has 3 heterocycles. The van der Waals surface area contributed by atoms with Crippen LogP contribution in [0.3, 0.4) is 0 Å². The Labute approximate surface area is 154 Å². The van der Waals surface area contributed by atoms with Gasteiger partial charge in [0.15, 0.2) is 5.16 Å². The minimum atomic E-state index is 0.166. The number of hydrogen-bond donors (Lipinski definition) is 0. The van der Waals surface area contributed by atoms with Gasteiger partial charge in [0.2, 0.25) is 5.91 Å². The van der Waals surface area contributed by atoms with Gasteiger partial charge < -0.3 is 9.47 Å². The molecule has 1 atom stereocenters. The van der Waals surface area contributed by atoms with E-state index in [1.54, 1.807) is 17.7 Å². The third-order valence-corrected chi connectivity index (χ3v) is 6.65. The first-order valence-electron chi connectivity index (χ1n) is 8.31. The Morgan fingerprint density at radius 3 is 3.08 bits per heavy atom. The zero-order valence-electron chi connectivity index (χ0n) is 14.0. The normalized spacial score (nSPS) is 18.0. The quantitative estimate of drug-likeness (QED) is 0.658. The van der Waals surface area contributed by atoms with Crippen molar-refractivity contribution in [3.8, 4) is 0 Å². The van der Waals surface area contributed by atoms with Crippen LogP contribution in [0.1, 0.15) is 23.8 Å². The van der Waals surface area contributed by atoms with Crippen molar-refractivity contribution in [1.82, 2.24) is 24.6 Å². The third kappa shape index (κ3) is 3.55. The lowest BCUT2D eigenvalue weighted by atomic mass is 9.99. The first-order valence-corrected chi connectivity index (χ1v) is 10.1. The Morgan fingerprint density at radius 1 is 1.40 bits per heavy atom. The van der Waals surface area contributed by atoms with Gasteiger partial charge in [-0.1, -0.05) is 23.9 Å². The van der Waals surface area contributed by atoms with E-state index in [2.05, 4.69) is 22.3 Å². The lowest BCUT2D eigenvalue weighted by molar-refractivity contribution is -0.129. The predicted molar refractivity (Wildman–Crippen MR) is 99.9 cm³/mol. The van der Waals surface area contributed by atoms with Crippen LogP contribution in [0.15, 0.2) is 35.7 Å². The monoisotopic (exact) mass is 373 g/mol. The number of benzene rings is 1. The van der Waals surface area contributed by atoms with Crippen LogP contribution in [0.4, 0.5) is 0 Å². The molecule has 0 spiro atoms. The molecule has 1 aliphatic heterocycles. The van der Waals surface area contributed by atoms with Gasteiger partial charge in [0, 0.05) is 26.1 Å². The molecule has 1 amide bonds. The van der Waals surface area contributed by atoms with Crippen LogP contribution in [0.5, 0.6) is 0 Å². The highest BCUT2D eigenvalue weighted by atomic mass is 32.2. The molecule has 0 radical (unpaired) electrons. The molecule has 1 aliphatic rings. The van der Waals surface area contributed by atoms with Gasteiger partial charge in [0.05, 0.1) is 21.0 Å². The fourth-order valence-electron chi connectivity index (χ4n) is 3.09. The standard InChI is InChI=1S/C17H19N5OS2/c1-21-11-18-20-17(21)24-10-15(23)22-8-4-5-12(9-22)16-19-13-6-2-3-7-14(13)25-16/h2-3,6-7,11-12H,4-5,8-10H2,1H3/t12-/m0/s1. The highest BCUT2D eigenvalue weighted by molar-refractivity contribution is 7.99. The van der Waals surface area contributed by atoms with E-state index < -0.39 is 0 Å². The van der Waals surface area contributed by atoms with Crippen molar-refractivity contribution in [2.75, 3.05) is 18.8 Å². The number of nitrogens with zero attached hydrogens (tertiary/aromatic N) is 5. The molecule has 0 N–H and O–H groups in total. The second-order valence-electron chi connectivity index (χ2n) is 6.21. The minimum absolute atomic E-state index is 0.166. The summed E-state index contributed by atoms with van der Waals surface area (Å²) in [6.07, 6.45) is 3.78. The molecule has 0 bridgehead atoms. The largest absolute Gasteiger partial charge is 0.341 e. The average Bonchev–Trinajstić information content (AvgIpc) is 3.25. The van der Waals surface area contributed by atoms with E-state index in [0.717, 1.165) is 41.6 Å². The summed E-state index contributed by atoms with van der Waals surface area (Å²) in [4.78, 5) is 19.3. The molecule has 25 heavy (non-hydrogen) atoms. The van der Waals surface area contributed by atoms with Crippen LogP contribution in [0.25, 0.3) is 10.2 Å². The molecule has 1 aromatic carbocycles. The van der Waals surface area contributed by atoms with Crippen LogP contribution in [0.2, 0.25) is 0 Å². The molecular weight excluding hydrogens is 354 g/mol. The number of fused-ring (bicyclic) bond motifs is 1. The van der Waals surface area contributed by atoms with Crippen LogP contribution in [-0.4, -0.2) is 49.4 Å². The number of rotatable bonds is 4. The van der Waals surface area contributed by atoms with Gasteiger partial charge in [0.25, 0.3) is 0 Å². The smallest absolute Gasteiger partial charge is 0.233 e. The third-order valence-electron chi connectivity index (χ3n) is 4.43. The van der Waals surface area contributed by atoms with Crippen molar-refractivity contribution < 1.29 is 4.79 Å². The Bertz CT molecular complexity index is 857. The van der Waals surface area contributed by atoms with E-state index in [9.17, 15) is 4.79 Å². The SMILES string of the molecule is Cn1cnnc1SCC(=O)N1CCC[C@H](c2nc3ccccc3s2)C1. The molecule has 4 rings (SSSR count). The number of para-hydroxylation sites is 1. The van der Waals surface area contributed by atoms with E-state index in [4.69, 9.17) is 4.98 Å². The number of carbonyl (C=O) groups excluding carboxylic acids is 1. The van der Waals surface area contributed by atoms with E-state index in [1.165, 1.54) is 16.5 Å². The fraction of sp³-hybridized carbons (Fsp3) is 0.412. The van der Waals surface area contributed by atoms with E-state index in [-0.39, 0.29) is 5.91 Å². The number of amides is 1. The summed E-state index contributed by atoms with van der Waals surface area (Å²) in [5.74, 6) is 0.910. The van der Waals surface area contributed by atoms with Gasteiger partial charge >= 0.3 is 0 Å².